The Morgan fingerprint density at radius 2 is 2.15 bits per heavy atom. The minimum Gasteiger partial charge on any atom is -0.444 e. The molecule has 2 N–H and O–H groups in total. The summed E-state index contributed by atoms with van der Waals surface area (Å²) in [6.45, 7) is 7.35. The van der Waals surface area contributed by atoms with Crippen LogP contribution in [0.1, 0.15) is 53.4 Å². The molecule has 114 valence electrons. The second-order valence-corrected chi connectivity index (χ2v) is 6.19. The number of alkyl carbamates (subject to hydrolysis) is 1. The summed E-state index contributed by atoms with van der Waals surface area (Å²) in [5.74, 6) is -0.0672. The minimum absolute atomic E-state index is 0.0672. The van der Waals surface area contributed by atoms with Gasteiger partial charge in [0.25, 0.3) is 0 Å². The van der Waals surface area contributed by atoms with Gasteiger partial charge in [0.05, 0.1) is 12.1 Å². The lowest BCUT2D eigenvalue weighted by molar-refractivity contribution is -0.116. The van der Waals surface area contributed by atoms with Gasteiger partial charge >= 0.3 is 6.09 Å². The van der Waals surface area contributed by atoms with Crippen molar-refractivity contribution >= 4 is 11.9 Å². The molecule has 5 nitrogen and oxygen atoms in total. The highest BCUT2D eigenvalue weighted by molar-refractivity contribution is 5.92. The number of hydrogen-bond acceptors (Lipinski definition) is 4. The van der Waals surface area contributed by atoms with Crippen molar-refractivity contribution in [1.29, 1.82) is 0 Å². The van der Waals surface area contributed by atoms with Gasteiger partial charge in [0.1, 0.15) is 5.60 Å². The molecule has 0 aromatic rings. The largest absolute Gasteiger partial charge is 0.444 e. The molecule has 20 heavy (non-hydrogen) atoms. The van der Waals surface area contributed by atoms with Gasteiger partial charge in [0.15, 0.2) is 5.78 Å². The van der Waals surface area contributed by atoms with Crippen molar-refractivity contribution in [1.82, 2.24) is 5.32 Å². The minimum atomic E-state index is -0.813. The number of ether oxygens (including phenoxy) is 1. The fourth-order valence-electron chi connectivity index (χ4n) is 2.13. The topological polar surface area (TPSA) is 75.6 Å². The number of allylic oxidation sites excluding steroid dienone is 1. The Balaban J connectivity index is 2.65. The molecule has 2 atom stereocenters. The Hall–Kier alpha value is -1.36. The third kappa shape index (κ3) is 5.33. The number of hydrogen-bond donors (Lipinski definition) is 2. The van der Waals surface area contributed by atoms with Crippen molar-refractivity contribution in [3.05, 3.63) is 11.6 Å². The van der Waals surface area contributed by atoms with Gasteiger partial charge in [-0.1, -0.05) is 13.3 Å². The van der Waals surface area contributed by atoms with Crippen molar-refractivity contribution < 1.29 is 19.4 Å². The van der Waals surface area contributed by atoms with Crippen LogP contribution < -0.4 is 5.32 Å². The van der Waals surface area contributed by atoms with Crippen LogP contribution in [0.15, 0.2) is 11.6 Å². The van der Waals surface area contributed by atoms with Gasteiger partial charge < -0.3 is 15.2 Å². The van der Waals surface area contributed by atoms with Gasteiger partial charge in [0.2, 0.25) is 0 Å². The van der Waals surface area contributed by atoms with Gasteiger partial charge in [-0.15, -0.1) is 0 Å². The number of aliphatic hydroxyl groups is 1. The number of aliphatic hydroxyl groups excluding tert-OH is 1. The second kappa shape index (κ2) is 6.88. The highest BCUT2D eigenvalue weighted by Crippen LogP contribution is 2.22. The second-order valence-electron chi connectivity index (χ2n) is 6.19. The number of ketones is 1. The predicted octanol–water partition coefficient (Wildman–Crippen LogP) is 2.33. The molecule has 0 bridgehead atoms. The van der Waals surface area contributed by atoms with E-state index in [1.165, 1.54) is 6.08 Å². The molecule has 0 spiro atoms. The summed E-state index contributed by atoms with van der Waals surface area (Å²) in [5.41, 5.74) is 0.0957. The van der Waals surface area contributed by atoms with Crippen LogP contribution in [0.25, 0.3) is 0 Å². The van der Waals surface area contributed by atoms with E-state index in [4.69, 9.17) is 4.74 Å². The third-order valence-electron chi connectivity index (χ3n) is 3.05. The van der Waals surface area contributed by atoms with E-state index in [0.29, 0.717) is 12.0 Å². The van der Waals surface area contributed by atoms with Crippen LogP contribution in [0.2, 0.25) is 0 Å². The Bertz CT molecular complexity index is 395. The summed E-state index contributed by atoms with van der Waals surface area (Å²) in [4.78, 5) is 23.4. The first-order valence-corrected chi connectivity index (χ1v) is 7.14. The van der Waals surface area contributed by atoms with Gasteiger partial charge in [-0.3, -0.25) is 4.79 Å². The SMILES string of the molecule is CCCCC1=CC(=O)C[C@H](NC(=O)OC(C)(C)C)[C@@H]1O. The maximum Gasteiger partial charge on any atom is 0.407 e. The summed E-state index contributed by atoms with van der Waals surface area (Å²) in [6.07, 6.45) is 2.77. The van der Waals surface area contributed by atoms with Crippen molar-refractivity contribution in [3.8, 4) is 0 Å². The van der Waals surface area contributed by atoms with E-state index in [0.717, 1.165) is 12.8 Å². The van der Waals surface area contributed by atoms with Gasteiger partial charge in [-0.25, -0.2) is 4.79 Å². The first-order valence-electron chi connectivity index (χ1n) is 7.14. The van der Waals surface area contributed by atoms with E-state index in [9.17, 15) is 14.7 Å². The number of carbonyl (C=O) groups is 2. The fraction of sp³-hybridized carbons (Fsp3) is 0.733. The number of nitrogens with one attached hydrogen (secondary N) is 1. The van der Waals surface area contributed by atoms with Crippen molar-refractivity contribution in [3.63, 3.8) is 0 Å². The highest BCUT2D eigenvalue weighted by atomic mass is 16.6. The fourth-order valence-corrected chi connectivity index (χ4v) is 2.13. The van der Waals surface area contributed by atoms with E-state index >= 15 is 0 Å². The van der Waals surface area contributed by atoms with E-state index in [1.54, 1.807) is 20.8 Å². The average molecular weight is 283 g/mol. The van der Waals surface area contributed by atoms with Crippen LogP contribution in [-0.4, -0.2) is 34.7 Å². The smallest absolute Gasteiger partial charge is 0.407 e. The lowest BCUT2D eigenvalue weighted by atomic mass is 9.88. The van der Waals surface area contributed by atoms with Gasteiger partial charge in [-0.2, -0.15) is 0 Å². The van der Waals surface area contributed by atoms with Crippen molar-refractivity contribution in [2.45, 2.75) is 71.1 Å². The first-order chi connectivity index (χ1) is 9.23. The molecule has 5 heteroatoms. The molecule has 0 heterocycles. The molecule has 0 radical (unpaired) electrons. The van der Waals surface area contributed by atoms with E-state index in [-0.39, 0.29) is 12.2 Å². The first kappa shape index (κ1) is 16.7. The van der Waals surface area contributed by atoms with Gasteiger partial charge in [0, 0.05) is 6.42 Å². The Morgan fingerprint density at radius 3 is 2.70 bits per heavy atom. The molecular weight excluding hydrogens is 258 g/mol. The summed E-state index contributed by atoms with van der Waals surface area (Å²) < 4.78 is 5.15. The zero-order valence-corrected chi connectivity index (χ0v) is 12.7. The monoisotopic (exact) mass is 283 g/mol. The lowest BCUT2D eigenvalue weighted by Crippen LogP contribution is -2.48. The van der Waals surface area contributed by atoms with E-state index in [2.05, 4.69) is 5.32 Å². The Kier molecular flexibility index (Phi) is 5.74. The molecule has 0 aromatic carbocycles. The molecule has 0 fully saturated rings. The molecule has 1 rings (SSSR count). The van der Waals surface area contributed by atoms with Crippen molar-refractivity contribution in [2.24, 2.45) is 0 Å². The summed E-state index contributed by atoms with van der Waals surface area (Å²) in [6, 6.07) is -0.603. The van der Waals surface area contributed by atoms with E-state index < -0.39 is 23.8 Å². The lowest BCUT2D eigenvalue weighted by Gasteiger charge is -2.30. The molecule has 1 aliphatic carbocycles. The van der Waals surface area contributed by atoms with Gasteiger partial charge in [-0.05, 0) is 45.3 Å². The quantitative estimate of drug-likeness (QED) is 0.830. The number of amides is 1. The van der Waals surface area contributed by atoms with Crippen LogP contribution in [0, 0.1) is 0 Å². The summed E-state index contributed by atoms with van der Waals surface area (Å²) >= 11 is 0. The number of unbranched alkanes of at least 4 members (excludes halogenated alkanes) is 1. The predicted molar refractivity (Wildman–Crippen MR) is 76.4 cm³/mol. The van der Waals surface area contributed by atoms with Crippen LogP contribution in [0.5, 0.6) is 0 Å². The number of carbonyl (C=O) groups excluding carboxylic acids is 2. The van der Waals surface area contributed by atoms with E-state index in [1.807, 2.05) is 6.92 Å². The Labute approximate surface area is 120 Å². The summed E-state index contributed by atoms with van der Waals surface area (Å²) in [7, 11) is 0. The number of rotatable bonds is 4. The third-order valence-corrected chi connectivity index (χ3v) is 3.05. The molecule has 1 amide bonds. The van der Waals surface area contributed by atoms with Crippen LogP contribution >= 0.6 is 0 Å². The molecule has 0 saturated carbocycles. The maximum absolute atomic E-state index is 11.7. The zero-order chi connectivity index (χ0) is 15.3. The zero-order valence-electron chi connectivity index (χ0n) is 12.7. The molecular formula is C15H25NO4. The molecule has 0 aromatic heterocycles. The normalized spacial score (nSPS) is 23.2. The molecule has 0 aliphatic heterocycles. The molecule has 1 aliphatic rings. The molecule has 0 unspecified atom stereocenters. The van der Waals surface area contributed by atoms with Crippen LogP contribution in [-0.2, 0) is 9.53 Å². The molecule has 0 saturated heterocycles. The maximum atomic E-state index is 11.7. The van der Waals surface area contributed by atoms with Crippen LogP contribution in [0.3, 0.4) is 0 Å². The Morgan fingerprint density at radius 1 is 1.50 bits per heavy atom. The summed E-state index contributed by atoms with van der Waals surface area (Å²) in [5, 5.41) is 12.8. The van der Waals surface area contributed by atoms with Crippen molar-refractivity contribution in [2.75, 3.05) is 0 Å². The highest BCUT2D eigenvalue weighted by Gasteiger charge is 2.31. The average Bonchev–Trinajstić information content (AvgIpc) is 2.29. The van der Waals surface area contributed by atoms with Crippen LogP contribution in [0.4, 0.5) is 4.79 Å². The standard InChI is InChI=1S/C15H25NO4/c1-5-6-7-10-8-11(17)9-12(13(10)18)16-14(19)20-15(2,3)4/h8,12-13,18H,5-7,9H2,1-4H3,(H,16,19)/t12-,13+/m0/s1.